The highest BCUT2D eigenvalue weighted by molar-refractivity contribution is 5.73. The molecule has 3 rings (SSSR count). The second-order valence-electron chi connectivity index (χ2n) is 4.87. The Labute approximate surface area is 112 Å². The molecule has 5 nitrogen and oxygen atoms in total. The number of aryl methyl sites for hydroxylation is 1. The summed E-state index contributed by atoms with van der Waals surface area (Å²) in [5.41, 5.74) is 2.17. The van der Waals surface area contributed by atoms with Crippen molar-refractivity contribution in [3.8, 4) is 11.4 Å². The van der Waals surface area contributed by atoms with E-state index in [0.29, 0.717) is 6.04 Å². The summed E-state index contributed by atoms with van der Waals surface area (Å²) in [4.78, 5) is 0. The van der Waals surface area contributed by atoms with Crippen LogP contribution in [0.5, 0.6) is 0 Å². The Balaban J connectivity index is 1.87. The highest BCUT2D eigenvalue weighted by Gasteiger charge is 2.16. The number of benzene rings is 1. The molecule has 1 atom stereocenters. The van der Waals surface area contributed by atoms with Crippen molar-refractivity contribution in [1.82, 2.24) is 14.8 Å². The molecule has 0 aliphatic carbocycles. The van der Waals surface area contributed by atoms with Gasteiger partial charge in [-0.3, -0.25) is 0 Å². The number of ether oxygens (including phenoxy) is 1. The summed E-state index contributed by atoms with van der Waals surface area (Å²) in [5.74, 6) is 0.875. The molecule has 0 saturated carbocycles. The lowest BCUT2D eigenvalue weighted by Crippen LogP contribution is -2.30. The summed E-state index contributed by atoms with van der Waals surface area (Å²) in [6.07, 6.45) is 3.98. The fraction of sp³-hybridized carbons (Fsp3) is 0.429. The summed E-state index contributed by atoms with van der Waals surface area (Å²) in [6.45, 7) is 1.65. The number of nitrogens with zero attached hydrogens (tertiary/aromatic N) is 3. The van der Waals surface area contributed by atoms with Gasteiger partial charge < -0.3 is 14.6 Å². The van der Waals surface area contributed by atoms with Crippen molar-refractivity contribution in [3.05, 3.63) is 30.6 Å². The van der Waals surface area contributed by atoms with Crippen molar-refractivity contribution in [3.63, 3.8) is 0 Å². The highest BCUT2D eigenvalue weighted by atomic mass is 16.5. The maximum absolute atomic E-state index is 5.51. The van der Waals surface area contributed by atoms with Gasteiger partial charge in [-0.2, -0.15) is 0 Å². The van der Waals surface area contributed by atoms with Crippen LogP contribution in [0.2, 0.25) is 0 Å². The SMILES string of the molecule is Cn1cnnc1-c1ccccc1NC1CCCOC1. The number of nitrogens with one attached hydrogen (secondary N) is 1. The van der Waals surface area contributed by atoms with Crippen LogP contribution in [-0.2, 0) is 11.8 Å². The number of para-hydroxylation sites is 1. The standard InChI is InChI=1S/C14H18N4O/c1-18-10-15-17-14(18)12-6-2-3-7-13(12)16-11-5-4-8-19-9-11/h2-3,6-7,10-11,16H,4-5,8-9H2,1H3. The van der Waals surface area contributed by atoms with Gasteiger partial charge in [-0.1, -0.05) is 12.1 Å². The molecule has 19 heavy (non-hydrogen) atoms. The Morgan fingerprint density at radius 1 is 1.37 bits per heavy atom. The lowest BCUT2D eigenvalue weighted by Gasteiger charge is -2.25. The minimum Gasteiger partial charge on any atom is -0.379 e. The molecule has 0 spiro atoms. The third-order valence-corrected chi connectivity index (χ3v) is 3.40. The summed E-state index contributed by atoms with van der Waals surface area (Å²) >= 11 is 0. The maximum atomic E-state index is 5.51. The Bertz CT molecular complexity index is 546. The van der Waals surface area contributed by atoms with E-state index in [1.165, 1.54) is 0 Å². The topological polar surface area (TPSA) is 52.0 Å². The van der Waals surface area contributed by atoms with E-state index in [1.54, 1.807) is 6.33 Å². The molecule has 1 aromatic heterocycles. The molecule has 5 heteroatoms. The molecule has 0 amide bonds. The van der Waals surface area contributed by atoms with Crippen LogP contribution < -0.4 is 5.32 Å². The molecule has 100 valence electrons. The van der Waals surface area contributed by atoms with Crippen LogP contribution in [-0.4, -0.2) is 34.0 Å². The van der Waals surface area contributed by atoms with E-state index in [9.17, 15) is 0 Å². The van der Waals surface area contributed by atoms with Gasteiger partial charge in [0.05, 0.1) is 6.61 Å². The molecule has 1 aliphatic heterocycles. The predicted octanol–water partition coefficient (Wildman–Crippen LogP) is 2.07. The van der Waals surface area contributed by atoms with Crippen LogP contribution in [0.1, 0.15) is 12.8 Å². The molecule has 1 N–H and O–H groups in total. The Kier molecular flexibility index (Phi) is 3.46. The van der Waals surface area contributed by atoms with Crippen LogP contribution in [0, 0.1) is 0 Å². The van der Waals surface area contributed by atoms with Crippen LogP contribution >= 0.6 is 0 Å². The lowest BCUT2D eigenvalue weighted by atomic mass is 10.1. The molecule has 0 radical (unpaired) electrons. The minimum atomic E-state index is 0.378. The summed E-state index contributed by atoms with van der Waals surface area (Å²) in [7, 11) is 1.95. The highest BCUT2D eigenvalue weighted by Crippen LogP contribution is 2.27. The van der Waals surface area contributed by atoms with E-state index >= 15 is 0 Å². The van der Waals surface area contributed by atoms with Crippen molar-refractivity contribution in [2.24, 2.45) is 7.05 Å². The normalized spacial score (nSPS) is 19.3. The summed E-state index contributed by atoms with van der Waals surface area (Å²) in [5, 5.41) is 11.7. The Morgan fingerprint density at radius 3 is 3.00 bits per heavy atom. The number of aromatic nitrogens is 3. The first-order valence-corrected chi connectivity index (χ1v) is 6.62. The van der Waals surface area contributed by atoms with Gasteiger partial charge in [-0.05, 0) is 25.0 Å². The molecule has 1 unspecified atom stereocenters. The smallest absolute Gasteiger partial charge is 0.165 e. The monoisotopic (exact) mass is 258 g/mol. The molecule has 1 saturated heterocycles. The van der Waals surface area contributed by atoms with E-state index in [2.05, 4.69) is 27.6 Å². The summed E-state index contributed by atoms with van der Waals surface area (Å²) < 4.78 is 7.44. The Hall–Kier alpha value is -1.88. The van der Waals surface area contributed by atoms with Crippen LogP contribution in [0.4, 0.5) is 5.69 Å². The molecule has 2 heterocycles. The molecular formula is C14H18N4O. The molecule has 1 aliphatic rings. The van der Waals surface area contributed by atoms with Gasteiger partial charge in [0.15, 0.2) is 5.82 Å². The van der Waals surface area contributed by atoms with Gasteiger partial charge in [0.2, 0.25) is 0 Å². The first-order valence-electron chi connectivity index (χ1n) is 6.62. The van der Waals surface area contributed by atoms with Gasteiger partial charge in [-0.25, -0.2) is 0 Å². The van der Waals surface area contributed by atoms with Crippen LogP contribution in [0.3, 0.4) is 0 Å². The van der Waals surface area contributed by atoms with E-state index in [4.69, 9.17) is 4.74 Å². The summed E-state index contributed by atoms with van der Waals surface area (Å²) in [6, 6.07) is 8.58. The minimum absolute atomic E-state index is 0.378. The maximum Gasteiger partial charge on any atom is 0.165 e. The average Bonchev–Trinajstić information content (AvgIpc) is 2.87. The van der Waals surface area contributed by atoms with Crippen molar-refractivity contribution in [1.29, 1.82) is 0 Å². The molecule has 1 aromatic carbocycles. The van der Waals surface area contributed by atoms with Crippen LogP contribution in [0.25, 0.3) is 11.4 Å². The quantitative estimate of drug-likeness (QED) is 0.915. The lowest BCUT2D eigenvalue weighted by molar-refractivity contribution is 0.0876. The number of anilines is 1. The van der Waals surface area contributed by atoms with E-state index in [0.717, 1.165) is 43.1 Å². The van der Waals surface area contributed by atoms with Crippen molar-refractivity contribution < 1.29 is 4.74 Å². The van der Waals surface area contributed by atoms with E-state index in [-0.39, 0.29) is 0 Å². The molecule has 0 bridgehead atoms. The Morgan fingerprint density at radius 2 is 2.26 bits per heavy atom. The third kappa shape index (κ3) is 2.61. The largest absolute Gasteiger partial charge is 0.379 e. The van der Waals surface area contributed by atoms with Crippen molar-refractivity contribution in [2.45, 2.75) is 18.9 Å². The second kappa shape index (κ2) is 5.40. The van der Waals surface area contributed by atoms with Gasteiger partial charge in [-0.15, -0.1) is 10.2 Å². The zero-order valence-electron chi connectivity index (χ0n) is 11.0. The van der Waals surface area contributed by atoms with Gasteiger partial charge in [0, 0.05) is 30.9 Å². The second-order valence-corrected chi connectivity index (χ2v) is 4.87. The zero-order valence-corrected chi connectivity index (χ0v) is 11.0. The number of rotatable bonds is 3. The predicted molar refractivity (Wildman–Crippen MR) is 73.9 cm³/mol. The molecular weight excluding hydrogens is 240 g/mol. The molecule has 1 fully saturated rings. The van der Waals surface area contributed by atoms with Crippen LogP contribution in [0.15, 0.2) is 30.6 Å². The number of hydrogen-bond acceptors (Lipinski definition) is 4. The average molecular weight is 258 g/mol. The third-order valence-electron chi connectivity index (χ3n) is 3.40. The van der Waals surface area contributed by atoms with Crippen molar-refractivity contribution >= 4 is 5.69 Å². The first-order chi connectivity index (χ1) is 9.34. The zero-order chi connectivity index (χ0) is 13.1. The van der Waals surface area contributed by atoms with E-state index < -0.39 is 0 Å². The van der Waals surface area contributed by atoms with Gasteiger partial charge in [0.1, 0.15) is 6.33 Å². The van der Waals surface area contributed by atoms with Crippen molar-refractivity contribution in [2.75, 3.05) is 18.5 Å². The number of hydrogen-bond donors (Lipinski definition) is 1. The first kappa shape index (κ1) is 12.2. The molecule has 2 aromatic rings. The van der Waals surface area contributed by atoms with E-state index in [1.807, 2.05) is 23.7 Å². The van der Waals surface area contributed by atoms with Gasteiger partial charge in [0.25, 0.3) is 0 Å². The van der Waals surface area contributed by atoms with Gasteiger partial charge >= 0.3 is 0 Å². The fourth-order valence-corrected chi connectivity index (χ4v) is 2.41. The fourth-order valence-electron chi connectivity index (χ4n) is 2.41.